The number of hydrogen-bond acceptors (Lipinski definition) is 3. The lowest BCUT2D eigenvalue weighted by atomic mass is 10.1. The topological polar surface area (TPSA) is 47.8 Å². The van der Waals surface area contributed by atoms with Gasteiger partial charge in [-0.3, -0.25) is 4.79 Å². The summed E-state index contributed by atoms with van der Waals surface area (Å²) in [5.74, 6) is -0.451. The van der Waals surface area contributed by atoms with Crippen molar-refractivity contribution in [3.8, 4) is 0 Å². The molecule has 1 aromatic carbocycles. The van der Waals surface area contributed by atoms with Gasteiger partial charge in [-0.25, -0.2) is 14.1 Å². The number of carbonyl (C=O) groups is 1. The maximum Gasteiger partial charge on any atom is 0.247 e. The molecule has 0 bridgehead atoms. The summed E-state index contributed by atoms with van der Waals surface area (Å²) in [6.07, 6.45) is 3.91. The number of hydrogen-bond donors (Lipinski definition) is 0. The monoisotopic (exact) mass is 269 g/mol. The molecular formula is C15H12FN3O. The fourth-order valence-corrected chi connectivity index (χ4v) is 2.06. The molecule has 20 heavy (non-hydrogen) atoms. The van der Waals surface area contributed by atoms with Crippen LogP contribution in [0.4, 0.5) is 4.39 Å². The van der Waals surface area contributed by atoms with Crippen LogP contribution in [0.15, 0.2) is 48.8 Å². The zero-order chi connectivity index (χ0) is 13.9. The Labute approximate surface area is 114 Å². The van der Waals surface area contributed by atoms with E-state index in [2.05, 4.69) is 10.1 Å². The van der Waals surface area contributed by atoms with E-state index in [1.807, 2.05) is 18.2 Å². The van der Waals surface area contributed by atoms with E-state index in [-0.39, 0.29) is 18.1 Å². The summed E-state index contributed by atoms with van der Waals surface area (Å²) in [7, 11) is 0. The molecule has 0 aliphatic carbocycles. The van der Waals surface area contributed by atoms with Crippen molar-refractivity contribution in [3.63, 3.8) is 0 Å². The molecule has 0 radical (unpaired) electrons. The molecule has 0 unspecified atom stereocenters. The zero-order valence-electron chi connectivity index (χ0n) is 10.7. The molecule has 0 amide bonds. The number of rotatable bonds is 3. The molecule has 3 rings (SSSR count). The first-order chi connectivity index (χ1) is 9.74. The average Bonchev–Trinajstić information content (AvgIpc) is 3.00. The van der Waals surface area contributed by atoms with Gasteiger partial charge in [0.1, 0.15) is 11.3 Å². The molecule has 0 saturated carbocycles. The number of nitrogens with zero attached hydrogens (tertiary/aromatic N) is 3. The van der Waals surface area contributed by atoms with Crippen LogP contribution in [-0.2, 0) is 6.42 Å². The molecule has 0 atom stereocenters. The first kappa shape index (κ1) is 12.5. The molecule has 0 fully saturated rings. The van der Waals surface area contributed by atoms with Gasteiger partial charge in [0.2, 0.25) is 5.91 Å². The zero-order valence-corrected chi connectivity index (χ0v) is 10.7. The highest BCUT2D eigenvalue weighted by atomic mass is 19.1. The van der Waals surface area contributed by atoms with Crippen LogP contribution >= 0.6 is 0 Å². The molecule has 0 spiro atoms. The van der Waals surface area contributed by atoms with Crippen LogP contribution in [0.3, 0.4) is 0 Å². The van der Waals surface area contributed by atoms with Gasteiger partial charge in [0, 0.05) is 29.9 Å². The summed E-state index contributed by atoms with van der Waals surface area (Å²) < 4.78 is 14.9. The average molecular weight is 269 g/mol. The van der Waals surface area contributed by atoms with Crippen LogP contribution in [0.1, 0.15) is 16.9 Å². The fourth-order valence-electron chi connectivity index (χ4n) is 2.06. The van der Waals surface area contributed by atoms with E-state index in [0.717, 1.165) is 5.39 Å². The predicted octanol–water partition coefficient (Wildman–Crippen LogP) is 2.84. The SMILES string of the molecule is O=C(CCc1ccc2cccc(F)c2n1)n1cccn1. The normalized spacial score (nSPS) is 10.8. The van der Waals surface area contributed by atoms with Crippen LogP contribution in [-0.4, -0.2) is 20.7 Å². The number of aryl methyl sites for hydroxylation is 1. The van der Waals surface area contributed by atoms with Crippen molar-refractivity contribution in [1.29, 1.82) is 0 Å². The molecule has 0 aliphatic rings. The molecule has 4 nitrogen and oxygen atoms in total. The molecule has 0 saturated heterocycles. The first-order valence-electron chi connectivity index (χ1n) is 6.31. The Hall–Kier alpha value is -2.56. The summed E-state index contributed by atoms with van der Waals surface area (Å²) in [4.78, 5) is 16.1. The molecule has 2 heterocycles. The molecular weight excluding hydrogens is 257 g/mol. The van der Waals surface area contributed by atoms with Gasteiger partial charge in [-0.05, 0) is 24.6 Å². The van der Waals surface area contributed by atoms with Gasteiger partial charge in [0.25, 0.3) is 0 Å². The third kappa shape index (κ3) is 2.42. The Kier molecular flexibility index (Phi) is 3.25. The summed E-state index contributed by atoms with van der Waals surface area (Å²) in [5.41, 5.74) is 1.04. The van der Waals surface area contributed by atoms with E-state index in [1.165, 1.54) is 10.7 Å². The van der Waals surface area contributed by atoms with E-state index in [1.54, 1.807) is 24.5 Å². The number of pyridine rings is 1. The summed E-state index contributed by atoms with van der Waals surface area (Å²) in [5, 5.41) is 4.64. The molecule has 5 heteroatoms. The lowest BCUT2D eigenvalue weighted by Crippen LogP contribution is -2.12. The summed E-state index contributed by atoms with van der Waals surface area (Å²) in [6.45, 7) is 0. The Morgan fingerprint density at radius 3 is 2.90 bits per heavy atom. The Morgan fingerprint density at radius 2 is 2.10 bits per heavy atom. The van der Waals surface area contributed by atoms with Gasteiger partial charge in [-0.1, -0.05) is 18.2 Å². The Morgan fingerprint density at radius 1 is 1.20 bits per heavy atom. The maximum absolute atomic E-state index is 13.6. The van der Waals surface area contributed by atoms with Crippen molar-refractivity contribution in [2.75, 3.05) is 0 Å². The van der Waals surface area contributed by atoms with Gasteiger partial charge < -0.3 is 0 Å². The minimum Gasteiger partial charge on any atom is -0.273 e. The van der Waals surface area contributed by atoms with E-state index < -0.39 is 0 Å². The summed E-state index contributed by atoms with van der Waals surface area (Å²) >= 11 is 0. The second kappa shape index (κ2) is 5.21. The summed E-state index contributed by atoms with van der Waals surface area (Å²) in [6, 6.07) is 10.2. The van der Waals surface area contributed by atoms with Crippen LogP contribution in [0, 0.1) is 5.82 Å². The highest BCUT2D eigenvalue weighted by Gasteiger charge is 2.07. The van der Waals surface area contributed by atoms with E-state index in [9.17, 15) is 9.18 Å². The Balaban J connectivity index is 1.78. The van der Waals surface area contributed by atoms with Crippen LogP contribution in [0.2, 0.25) is 0 Å². The smallest absolute Gasteiger partial charge is 0.247 e. The van der Waals surface area contributed by atoms with Crippen molar-refractivity contribution in [2.24, 2.45) is 0 Å². The number of fused-ring (bicyclic) bond motifs is 1. The number of benzene rings is 1. The minimum atomic E-state index is -0.345. The van der Waals surface area contributed by atoms with Crippen molar-refractivity contribution < 1.29 is 9.18 Å². The van der Waals surface area contributed by atoms with Gasteiger partial charge >= 0.3 is 0 Å². The molecule has 0 N–H and O–H groups in total. The van der Waals surface area contributed by atoms with E-state index in [0.29, 0.717) is 17.6 Å². The largest absolute Gasteiger partial charge is 0.273 e. The minimum absolute atomic E-state index is 0.106. The molecule has 0 aliphatic heterocycles. The van der Waals surface area contributed by atoms with Crippen LogP contribution < -0.4 is 0 Å². The number of aromatic nitrogens is 3. The molecule has 100 valence electrons. The van der Waals surface area contributed by atoms with Crippen molar-refractivity contribution in [1.82, 2.24) is 14.8 Å². The Bertz CT molecular complexity index is 753. The van der Waals surface area contributed by atoms with Crippen LogP contribution in [0.25, 0.3) is 10.9 Å². The number of carbonyl (C=O) groups excluding carboxylic acids is 1. The molecule has 2 aromatic heterocycles. The second-order valence-electron chi connectivity index (χ2n) is 4.46. The predicted molar refractivity (Wildman–Crippen MR) is 72.9 cm³/mol. The van der Waals surface area contributed by atoms with Crippen molar-refractivity contribution >= 4 is 16.8 Å². The van der Waals surface area contributed by atoms with Crippen molar-refractivity contribution in [3.05, 3.63) is 60.3 Å². The lowest BCUT2D eigenvalue weighted by molar-refractivity contribution is 0.0887. The maximum atomic E-state index is 13.6. The van der Waals surface area contributed by atoms with E-state index in [4.69, 9.17) is 0 Å². The number of halogens is 1. The van der Waals surface area contributed by atoms with Gasteiger partial charge in [-0.2, -0.15) is 5.10 Å². The van der Waals surface area contributed by atoms with Crippen LogP contribution in [0.5, 0.6) is 0 Å². The standard InChI is InChI=1S/C15H12FN3O/c16-13-4-1-3-11-5-6-12(18-15(11)13)7-8-14(20)19-10-2-9-17-19/h1-6,9-10H,7-8H2. The fraction of sp³-hybridized carbons (Fsp3) is 0.133. The lowest BCUT2D eigenvalue weighted by Gasteiger charge is -2.04. The van der Waals surface area contributed by atoms with Gasteiger partial charge in [0.05, 0.1) is 0 Å². The first-order valence-corrected chi connectivity index (χ1v) is 6.31. The highest BCUT2D eigenvalue weighted by molar-refractivity contribution is 5.80. The van der Waals surface area contributed by atoms with Crippen molar-refractivity contribution in [2.45, 2.75) is 12.8 Å². The van der Waals surface area contributed by atoms with E-state index >= 15 is 0 Å². The second-order valence-corrected chi connectivity index (χ2v) is 4.46. The highest BCUT2D eigenvalue weighted by Crippen LogP contribution is 2.16. The van der Waals surface area contributed by atoms with Gasteiger partial charge in [-0.15, -0.1) is 0 Å². The third-order valence-electron chi connectivity index (χ3n) is 3.08. The van der Waals surface area contributed by atoms with Gasteiger partial charge in [0.15, 0.2) is 0 Å². The molecule has 3 aromatic rings. The third-order valence-corrected chi connectivity index (χ3v) is 3.08. The number of para-hydroxylation sites is 1. The quantitative estimate of drug-likeness (QED) is 0.734.